The number of hydrogen-bond donors (Lipinski definition) is 3. The topological polar surface area (TPSA) is 110 Å². The molecular formula is C11H22N4O3S. The summed E-state index contributed by atoms with van der Waals surface area (Å²) in [7, 11) is -2.15. The van der Waals surface area contributed by atoms with Gasteiger partial charge in [-0.3, -0.25) is 4.68 Å². The molecule has 0 saturated heterocycles. The second kappa shape index (κ2) is 5.48. The average molecular weight is 290 g/mol. The molecule has 4 N–H and O–H groups in total. The van der Waals surface area contributed by atoms with Crippen LogP contribution in [-0.4, -0.2) is 35.5 Å². The van der Waals surface area contributed by atoms with Gasteiger partial charge in [0.05, 0.1) is 11.3 Å². The third-order valence-electron chi connectivity index (χ3n) is 3.48. The van der Waals surface area contributed by atoms with Crippen molar-refractivity contribution in [3.63, 3.8) is 0 Å². The maximum Gasteiger partial charge on any atom is 0.246 e. The van der Waals surface area contributed by atoms with Crippen LogP contribution >= 0.6 is 0 Å². The van der Waals surface area contributed by atoms with E-state index in [-0.39, 0.29) is 17.3 Å². The largest absolute Gasteiger partial charge is 0.389 e. The van der Waals surface area contributed by atoms with Crippen molar-refractivity contribution in [2.24, 2.45) is 7.05 Å². The molecule has 0 aliphatic heterocycles. The summed E-state index contributed by atoms with van der Waals surface area (Å²) in [4.78, 5) is -0.0236. The Morgan fingerprint density at radius 1 is 1.42 bits per heavy atom. The fourth-order valence-corrected chi connectivity index (χ4v) is 3.19. The monoisotopic (exact) mass is 290 g/mol. The van der Waals surface area contributed by atoms with Crippen molar-refractivity contribution in [1.29, 1.82) is 0 Å². The van der Waals surface area contributed by atoms with E-state index in [1.807, 2.05) is 13.8 Å². The molecule has 0 unspecified atom stereocenters. The Hall–Kier alpha value is -1.12. The Bertz CT molecular complexity index is 547. The molecule has 1 rings (SSSR count). The molecule has 110 valence electrons. The standard InChI is InChI=1S/C11H22N4O3S/c1-5-11(16,6-2)7-13-19(17,18)9-8(3)15(4)14-10(9)12/h13,16H,5-7H2,1-4H3,(H2,12,14). The lowest BCUT2D eigenvalue weighted by molar-refractivity contribution is 0.0377. The fraction of sp³-hybridized carbons (Fsp3) is 0.727. The molecule has 0 saturated carbocycles. The molecule has 1 aromatic heterocycles. The van der Waals surface area contributed by atoms with Crippen LogP contribution in [0.5, 0.6) is 0 Å². The van der Waals surface area contributed by atoms with Crippen LogP contribution in [0.15, 0.2) is 4.90 Å². The molecule has 0 aliphatic carbocycles. The van der Waals surface area contributed by atoms with E-state index in [1.54, 1.807) is 14.0 Å². The summed E-state index contributed by atoms with van der Waals surface area (Å²) in [5.74, 6) is -0.0379. The van der Waals surface area contributed by atoms with E-state index in [1.165, 1.54) is 4.68 Å². The molecule has 1 heterocycles. The summed E-state index contributed by atoms with van der Waals surface area (Å²) in [6, 6.07) is 0. The second-order valence-corrected chi connectivity index (χ2v) is 6.38. The summed E-state index contributed by atoms with van der Waals surface area (Å²) >= 11 is 0. The number of aryl methyl sites for hydroxylation is 1. The number of nitrogens with two attached hydrogens (primary N) is 1. The zero-order chi connectivity index (χ0) is 14.8. The Balaban J connectivity index is 3.00. The van der Waals surface area contributed by atoms with Crippen LogP contribution in [0.1, 0.15) is 32.4 Å². The van der Waals surface area contributed by atoms with Crippen molar-refractivity contribution < 1.29 is 13.5 Å². The van der Waals surface area contributed by atoms with Crippen LogP contribution in [0.4, 0.5) is 5.82 Å². The van der Waals surface area contributed by atoms with Gasteiger partial charge in [0, 0.05) is 13.6 Å². The molecule has 0 aromatic carbocycles. The van der Waals surface area contributed by atoms with Gasteiger partial charge in [-0.15, -0.1) is 0 Å². The zero-order valence-electron chi connectivity index (χ0n) is 11.8. The van der Waals surface area contributed by atoms with Crippen LogP contribution in [0.3, 0.4) is 0 Å². The van der Waals surface area contributed by atoms with E-state index in [0.717, 1.165) is 0 Å². The number of sulfonamides is 1. The number of hydrogen-bond acceptors (Lipinski definition) is 5. The zero-order valence-corrected chi connectivity index (χ0v) is 12.6. The van der Waals surface area contributed by atoms with Gasteiger partial charge in [0.2, 0.25) is 10.0 Å². The molecule has 0 atom stereocenters. The van der Waals surface area contributed by atoms with Crippen molar-refractivity contribution >= 4 is 15.8 Å². The Labute approximate surface area is 113 Å². The first-order chi connectivity index (χ1) is 8.67. The second-order valence-electron chi connectivity index (χ2n) is 4.68. The normalized spacial score (nSPS) is 12.9. The highest BCUT2D eigenvalue weighted by molar-refractivity contribution is 7.89. The van der Waals surface area contributed by atoms with Crippen molar-refractivity contribution in [2.75, 3.05) is 12.3 Å². The Morgan fingerprint density at radius 2 is 1.95 bits per heavy atom. The van der Waals surface area contributed by atoms with Gasteiger partial charge in [-0.1, -0.05) is 13.8 Å². The average Bonchev–Trinajstić information content (AvgIpc) is 2.61. The maximum atomic E-state index is 12.2. The number of aliphatic hydroxyl groups is 1. The predicted molar refractivity (Wildman–Crippen MR) is 73.1 cm³/mol. The van der Waals surface area contributed by atoms with Crippen molar-refractivity contribution in [2.45, 2.75) is 44.1 Å². The molecule has 0 amide bonds. The first kappa shape index (κ1) is 15.9. The molecule has 1 aromatic rings. The number of rotatable bonds is 6. The smallest absolute Gasteiger partial charge is 0.246 e. The minimum atomic E-state index is -3.77. The number of anilines is 1. The molecule has 0 fully saturated rings. The Morgan fingerprint density at radius 3 is 2.32 bits per heavy atom. The summed E-state index contributed by atoms with van der Waals surface area (Å²) in [5.41, 5.74) is 5.04. The highest BCUT2D eigenvalue weighted by Gasteiger charge is 2.29. The van der Waals surface area contributed by atoms with Crippen LogP contribution in [0.25, 0.3) is 0 Å². The van der Waals surface area contributed by atoms with E-state index >= 15 is 0 Å². The van der Waals surface area contributed by atoms with Crippen LogP contribution < -0.4 is 10.5 Å². The van der Waals surface area contributed by atoms with Crippen molar-refractivity contribution in [3.05, 3.63) is 5.69 Å². The van der Waals surface area contributed by atoms with Crippen LogP contribution in [0, 0.1) is 6.92 Å². The van der Waals surface area contributed by atoms with Gasteiger partial charge in [-0.25, -0.2) is 13.1 Å². The molecule has 8 heteroatoms. The number of nitrogens with zero attached hydrogens (tertiary/aromatic N) is 2. The van der Waals surface area contributed by atoms with E-state index in [9.17, 15) is 13.5 Å². The minimum absolute atomic E-state index is 0.0236. The molecule has 19 heavy (non-hydrogen) atoms. The first-order valence-corrected chi connectivity index (χ1v) is 7.66. The van der Waals surface area contributed by atoms with Gasteiger partial charge in [0.1, 0.15) is 4.90 Å². The van der Waals surface area contributed by atoms with Crippen LogP contribution in [-0.2, 0) is 17.1 Å². The van der Waals surface area contributed by atoms with Crippen molar-refractivity contribution in [1.82, 2.24) is 14.5 Å². The predicted octanol–water partition coefficient (Wildman–Crippen LogP) is 0.140. The van der Waals surface area contributed by atoms with Gasteiger partial charge < -0.3 is 10.8 Å². The maximum absolute atomic E-state index is 12.2. The summed E-state index contributed by atoms with van der Waals surface area (Å²) in [5, 5.41) is 14.0. The molecule has 0 spiro atoms. The highest BCUT2D eigenvalue weighted by Crippen LogP contribution is 2.22. The number of aromatic nitrogens is 2. The molecule has 7 nitrogen and oxygen atoms in total. The fourth-order valence-electron chi connectivity index (χ4n) is 1.75. The lowest BCUT2D eigenvalue weighted by Gasteiger charge is -2.25. The van der Waals surface area contributed by atoms with E-state index < -0.39 is 15.6 Å². The summed E-state index contributed by atoms with van der Waals surface area (Å²) in [6.07, 6.45) is 0.932. The molecule has 0 aliphatic rings. The first-order valence-electron chi connectivity index (χ1n) is 6.18. The lowest BCUT2D eigenvalue weighted by Crippen LogP contribution is -2.42. The van der Waals surface area contributed by atoms with E-state index in [0.29, 0.717) is 18.5 Å². The van der Waals surface area contributed by atoms with Gasteiger partial charge in [0.15, 0.2) is 5.82 Å². The summed E-state index contributed by atoms with van der Waals surface area (Å²) < 4.78 is 28.2. The molecule has 0 bridgehead atoms. The van der Waals surface area contributed by atoms with Gasteiger partial charge in [-0.05, 0) is 19.8 Å². The van der Waals surface area contributed by atoms with Gasteiger partial charge in [0.25, 0.3) is 0 Å². The number of nitrogen functional groups attached to an aromatic ring is 1. The van der Waals surface area contributed by atoms with Gasteiger partial charge >= 0.3 is 0 Å². The van der Waals surface area contributed by atoms with E-state index in [2.05, 4.69) is 9.82 Å². The Kier molecular flexibility index (Phi) is 4.59. The highest BCUT2D eigenvalue weighted by atomic mass is 32.2. The third-order valence-corrected chi connectivity index (χ3v) is 5.05. The minimum Gasteiger partial charge on any atom is -0.389 e. The van der Waals surface area contributed by atoms with Gasteiger partial charge in [-0.2, -0.15) is 5.10 Å². The van der Waals surface area contributed by atoms with Crippen LogP contribution in [0.2, 0.25) is 0 Å². The lowest BCUT2D eigenvalue weighted by atomic mass is 9.98. The quantitative estimate of drug-likeness (QED) is 0.690. The third kappa shape index (κ3) is 3.26. The summed E-state index contributed by atoms with van der Waals surface area (Å²) in [6.45, 7) is 5.20. The van der Waals surface area contributed by atoms with E-state index in [4.69, 9.17) is 5.73 Å². The SMILES string of the molecule is CCC(O)(CC)CNS(=O)(=O)c1c(N)nn(C)c1C. The molecule has 0 radical (unpaired) electrons. The number of nitrogens with one attached hydrogen (secondary N) is 1. The molecular weight excluding hydrogens is 268 g/mol. The van der Waals surface area contributed by atoms with Crippen molar-refractivity contribution in [3.8, 4) is 0 Å².